The molecule has 0 bridgehead atoms. The third-order valence-corrected chi connectivity index (χ3v) is 2.98. The van der Waals surface area contributed by atoms with Crippen LogP contribution in [0.4, 0.5) is 0 Å². The van der Waals surface area contributed by atoms with Crippen molar-refractivity contribution in [1.29, 1.82) is 0 Å². The average molecular weight is 264 g/mol. The van der Waals surface area contributed by atoms with Crippen molar-refractivity contribution in [1.82, 2.24) is 4.90 Å². The SMILES string of the molecule is CCCC(N)C(=O)N(C)CCOCc1ccccc1. The van der Waals surface area contributed by atoms with Gasteiger partial charge in [0.05, 0.1) is 19.3 Å². The van der Waals surface area contributed by atoms with Crippen molar-refractivity contribution < 1.29 is 9.53 Å². The number of amides is 1. The number of benzene rings is 1. The van der Waals surface area contributed by atoms with Crippen LogP contribution in [-0.2, 0) is 16.1 Å². The molecule has 0 radical (unpaired) electrons. The van der Waals surface area contributed by atoms with Gasteiger partial charge < -0.3 is 15.4 Å². The molecule has 1 unspecified atom stereocenters. The topological polar surface area (TPSA) is 55.6 Å². The molecule has 4 heteroatoms. The number of hydrogen-bond donors (Lipinski definition) is 1. The van der Waals surface area contributed by atoms with Gasteiger partial charge in [-0.05, 0) is 12.0 Å². The van der Waals surface area contributed by atoms with Crippen molar-refractivity contribution in [2.45, 2.75) is 32.4 Å². The predicted molar refractivity (Wildman–Crippen MR) is 76.6 cm³/mol. The number of nitrogens with zero attached hydrogens (tertiary/aromatic N) is 1. The monoisotopic (exact) mass is 264 g/mol. The van der Waals surface area contributed by atoms with Crippen LogP contribution >= 0.6 is 0 Å². The molecule has 1 rings (SSSR count). The summed E-state index contributed by atoms with van der Waals surface area (Å²) in [6, 6.07) is 9.60. The molecule has 1 amide bonds. The van der Waals surface area contributed by atoms with Gasteiger partial charge in [0.2, 0.25) is 5.91 Å². The second-order valence-electron chi connectivity index (χ2n) is 4.69. The molecule has 19 heavy (non-hydrogen) atoms. The van der Waals surface area contributed by atoms with E-state index in [-0.39, 0.29) is 11.9 Å². The highest BCUT2D eigenvalue weighted by Gasteiger charge is 2.16. The minimum absolute atomic E-state index is 0.00911. The Bertz CT molecular complexity index is 368. The Morgan fingerprint density at radius 1 is 1.37 bits per heavy atom. The lowest BCUT2D eigenvalue weighted by atomic mass is 10.1. The molecule has 0 spiro atoms. The summed E-state index contributed by atoms with van der Waals surface area (Å²) < 4.78 is 5.55. The van der Waals surface area contributed by atoms with Gasteiger partial charge >= 0.3 is 0 Å². The highest BCUT2D eigenvalue weighted by Crippen LogP contribution is 2.01. The second-order valence-corrected chi connectivity index (χ2v) is 4.69. The molecule has 0 fully saturated rings. The Morgan fingerprint density at radius 2 is 2.05 bits per heavy atom. The molecule has 0 saturated carbocycles. The summed E-state index contributed by atoms with van der Waals surface area (Å²) in [5, 5.41) is 0. The molecular formula is C15H24N2O2. The number of carbonyl (C=O) groups is 1. The maximum absolute atomic E-state index is 11.8. The number of ether oxygens (including phenoxy) is 1. The van der Waals surface area contributed by atoms with E-state index in [4.69, 9.17) is 10.5 Å². The smallest absolute Gasteiger partial charge is 0.239 e. The second kappa shape index (κ2) is 8.67. The Kier molecular flexibility index (Phi) is 7.15. The number of likely N-dealkylation sites (N-methyl/N-ethyl adjacent to an activating group) is 1. The summed E-state index contributed by atoms with van der Waals surface area (Å²) in [5.41, 5.74) is 6.93. The first-order chi connectivity index (χ1) is 9.15. The first-order valence-corrected chi connectivity index (χ1v) is 6.77. The lowest BCUT2D eigenvalue weighted by molar-refractivity contribution is -0.132. The first-order valence-electron chi connectivity index (χ1n) is 6.77. The van der Waals surface area contributed by atoms with E-state index in [9.17, 15) is 4.79 Å². The van der Waals surface area contributed by atoms with E-state index in [2.05, 4.69) is 0 Å². The minimum Gasteiger partial charge on any atom is -0.375 e. The fraction of sp³-hybridized carbons (Fsp3) is 0.533. The van der Waals surface area contributed by atoms with E-state index in [1.165, 1.54) is 0 Å². The number of hydrogen-bond acceptors (Lipinski definition) is 3. The van der Waals surface area contributed by atoms with E-state index in [0.717, 1.165) is 18.4 Å². The van der Waals surface area contributed by atoms with Gasteiger partial charge in [-0.1, -0.05) is 43.7 Å². The molecule has 0 aliphatic carbocycles. The molecular weight excluding hydrogens is 240 g/mol. The van der Waals surface area contributed by atoms with Gasteiger partial charge in [0, 0.05) is 13.6 Å². The van der Waals surface area contributed by atoms with Crippen molar-refractivity contribution in [2.24, 2.45) is 5.73 Å². The Hall–Kier alpha value is -1.39. The quantitative estimate of drug-likeness (QED) is 0.728. The van der Waals surface area contributed by atoms with Crippen LogP contribution in [-0.4, -0.2) is 37.0 Å². The first kappa shape index (κ1) is 15.7. The molecule has 1 aromatic rings. The summed E-state index contributed by atoms with van der Waals surface area (Å²) in [6.07, 6.45) is 1.65. The summed E-state index contributed by atoms with van der Waals surface area (Å²) in [6.45, 7) is 3.69. The van der Waals surface area contributed by atoms with Gasteiger partial charge in [0.1, 0.15) is 0 Å². The number of rotatable bonds is 8. The van der Waals surface area contributed by atoms with Crippen LogP contribution in [0.3, 0.4) is 0 Å². The molecule has 106 valence electrons. The third-order valence-electron chi connectivity index (χ3n) is 2.98. The highest BCUT2D eigenvalue weighted by atomic mass is 16.5. The van der Waals surface area contributed by atoms with Crippen molar-refractivity contribution in [2.75, 3.05) is 20.2 Å². The van der Waals surface area contributed by atoms with Crippen LogP contribution in [0.2, 0.25) is 0 Å². The van der Waals surface area contributed by atoms with E-state index < -0.39 is 0 Å². The number of carbonyl (C=O) groups excluding carboxylic acids is 1. The lowest BCUT2D eigenvalue weighted by Gasteiger charge is -2.21. The summed E-state index contributed by atoms with van der Waals surface area (Å²) in [4.78, 5) is 13.5. The predicted octanol–water partition coefficient (Wildman–Crippen LogP) is 1.79. The summed E-state index contributed by atoms with van der Waals surface area (Å²) >= 11 is 0. The van der Waals surface area contributed by atoms with Crippen LogP contribution in [0, 0.1) is 0 Å². The molecule has 0 heterocycles. The van der Waals surface area contributed by atoms with Crippen molar-refractivity contribution in [3.63, 3.8) is 0 Å². The highest BCUT2D eigenvalue weighted by molar-refractivity contribution is 5.81. The average Bonchev–Trinajstić information content (AvgIpc) is 2.44. The lowest BCUT2D eigenvalue weighted by Crippen LogP contribution is -2.42. The molecule has 0 aromatic heterocycles. The van der Waals surface area contributed by atoms with Crippen molar-refractivity contribution in [3.05, 3.63) is 35.9 Å². The van der Waals surface area contributed by atoms with Gasteiger partial charge in [-0.25, -0.2) is 0 Å². The van der Waals surface area contributed by atoms with Gasteiger partial charge in [0.25, 0.3) is 0 Å². The fourth-order valence-corrected chi connectivity index (χ4v) is 1.79. The normalized spacial score (nSPS) is 12.2. The largest absolute Gasteiger partial charge is 0.375 e. The van der Waals surface area contributed by atoms with Crippen LogP contribution < -0.4 is 5.73 Å². The van der Waals surface area contributed by atoms with E-state index in [0.29, 0.717) is 19.8 Å². The fourth-order valence-electron chi connectivity index (χ4n) is 1.79. The van der Waals surface area contributed by atoms with Crippen LogP contribution in [0.15, 0.2) is 30.3 Å². The van der Waals surface area contributed by atoms with E-state index in [1.807, 2.05) is 37.3 Å². The third kappa shape index (κ3) is 5.85. The standard InChI is InChI=1S/C15H24N2O2/c1-3-7-14(16)15(18)17(2)10-11-19-12-13-8-5-4-6-9-13/h4-6,8-9,14H,3,7,10-12,16H2,1-2H3. The van der Waals surface area contributed by atoms with E-state index >= 15 is 0 Å². The maximum Gasteiger partial charge on any atom is 0.239 e. The molecule has 1 aromatic carbocycles. The van der Waals surface area contributed by atoms with E-state index in [1.54, 1.807) is 11.9 Å². The van der Waals surface area contributed by atoms with Crippen LogP contribution in [0.25, 0.3) is 0 Å². The van der Waals surface area contributed by atoms with Crippen LogP contribution in [0.1, 0.15) is 25.3 Å². The Labute approximate surface area is 115 Å². The molecule has 0 aliphatic heterocycles. The van der Waals surface area contributed by atoms with Crippen molar-refractivity contribution >= 4 is 5.91 Å². The molecule has 0 saturated heterocycles. The van der Waals surface area contributed by atoms with Crippen LogP contribution in [0.5, 0.6) is 0 Å². The molecule has 4 nitrogen and oxygen atoms in total. The van der Waals surface area contributed by atoms with Gasteiger partial charge in [0.15, 0.2) is 0 Å². The van der Waals surface area contributed by atoms with Gasteiger partial charge in [-0.15, -0.1) is 0 Å². The molecule has 0 aliphatic rings. The Morgan fingerprint density at radius 3 is 2.68 bits per heavy atom. The molecule has 1 atom stereocenters. The molecule has 2 N–H and O–H groups in total. The van der Waals surface area contributed by atoms with Crippen molar-refractivity contribution in [3.8, 4) is 0 Å². The zero-order valence-electron chi connectivity index (χ0n) is 11.8. The van der Waals surface area contributed by atoms with Gasteiger partial charge in [-0.2, -0.15) is 0 Å². The summed E-state index contributed by atoms with van der Waals surface area (Å²) in [7, 11) is 1.77. The maximum atomic E-state index is 11.8. The Balaban J connectivity index is 2.20. The zero-order chi connectivity index (χ0) is 14.1. The van der Waals surface area contributed by atoms with Gasteiger partial charge in [-0.3, -0.25) is 4.79 Å². The summed E-state index contributed by atoms with van der Waals surface area (Å²) in [5.74, 6) is -0.00911. The number of nitrogens with two attached hydrogens (primary N) is 1. The zero-order valence-corrected chi connectivity index (χ0v) is 11.8. The minimum atomic E-state index is -0.385.